The summed E-state index contributed by atoms with van der Waals surface area (Å²) in [7, 11) is 0. The maximum Gasteiger partial charge on any atom is 0.410 e. The molecule has 186 valence electrons. The summed E-state index contributed by atoms with van der Waals surface area (Å²) in [5, 5.41) is 4.85. The average Bonchev–Trinajstić information content (AvgIpc) is 2.53. The van der Waals surface area contributed by atoms with Gasteiger partial charge < -0.3 is 34.5 Å². The minimum Gasteiger partial charge on any atom is -0.462 e. The maximum atomic E-state index is 12.4. The largest absolute Gasteiger partial charge is 0.462 e. The lowest BCUT2D eigenvalue weighted by Crippen LogP contribution is -2.44. The number of esters is 1. The van der Waals surface area contributed by atoms with Gasteiger partial charge in [0.25, 0.3) is 0 Å². The van der Waals surface area contributed by atoms with Crippen LogP contribution in [0, 0.1) is 0 Å². The van der Waals surface area contributed by atoms with Gasteiger partial charge in [0, 0.05) is 13.1 Å². The van der Waals surface area contributed by atoms with Crippen LogP contribution in [0.15, 0.2) is 0 Å². The van der Waals surface area contributed by atoms with Gasteiger partial charge in [-0.1, -0.05) is 0 Å². The predicted octanol–water partition coefficient (Wildman–Crippen LogP) is 2.82. The number of carbonyl (C=O) groups is 4. The van der Waals surface area contributed by atoms with E-state index in [9.17, 15) is 19.2 Å². The van der Waals surface area contributed by atoms with Crippen LogP contribution in [-0.2, 0) is 23.7 Å². The molecule has 0 saturated heterocycles. The number of rotatable bonds is 8. The minimum absolute atomic E-state index is 0.0308. The molecule has 3 amide bonds. The zero-order valence-electron chi connectivity index (χ0n) is 20.7. The Hall–Kier alpha value is -2.72. The molecule has 0 atom stereocenters. The number of nitrogens with one attached hydrogen (secondary N) is 2. The third-order valence-electron chi connectivity index (χ3n) is 3.10. The summed E-state index contributed by atoms with van der Waals surface area (Å²) in [5.41, 5.74) is -2.05. The molecule has 0 rings (SSSR count). The highest BCUT2D eigenvalue weighted by atomic mass is 16.6. The third-order valence-corrected chi connectivity index (χ3v) is 3.10. The molecule has 11 heteroatoms. The van der Waals surface area contributed by atoms with E-state index in [-0.39, 0.29) is 32.8 Å². The van der Waals surface area contributed by atoms with Crippen LogP contribution in [0.3, 0.4) is 0 Å². The molecule has 32 heavy (non-hydrogen) atoms. The van der Waals surface area contributed by atoms with E-state index in [2.05, 4.69) is 10.6 Å². The second-order valence-electron chi connectivity index (χ2n) is 9.97. The summed E-state index contributed by atoms with van der Waals surface area (Å²) in [6, 6.07) is 0. The van der Waals surface area contributed by atoms with Gasteiger partial charge in [-0.05, 0) is 62.3 Å². The van der Waals surface area contributed by atoms with E-state index in [4.69, 9.17) is 18.9 Å². The molecule has 0 spiro atoms. The van der Waals surface area contributed by atoms with Gasteiger partial charge in [0.15, 0.2) is 0 Å². The van der Waals surface area contributed by atoms with Gasteiger partial charge in [-0.3, -0.25) is 4.79 Å². The van der Waals surface area contributed by atoms with Crippen LogP contribution in [0.4, 0.5) is 14.4 Å². The number of carbonyl (C=O) groups excluding carboxylic acids is 4. The Morgan fingerprint density at radius 1 is 0.688 bits per heavy atom. The Labute approximate surface area is 190 Å². The summed E-state index contributed by atoms with van der Waals surface area (Å²) in [6.45, 7) is 15.3. The lowest BCUT2D eigenvalue weighted by molar-refractivity contribution is -0.143. The van der Waals surface area contributed by atoms with Crippen LogP contribution in [-0.4, -0.2) is 78.7 Å². The van der Waals surface area contributed by atoms with E-state index in [1.165, 1.54) is 4.90 Å². The van der Waals surface area contributed by atoms with E-state index in [0.717, 1.165) is 0 Å². The second kappa shape index (κ2) is 12.4. The van der Waals surface area contributed by atoms with Crippen molar-refractivity contribution in [1.82, 2.24) is 15.5 Å². The normalized spacial score (nSPS) is 11.8. The van der Waals surface area contributed by atoms with Gasteiger partial charge in [-0.2, -0.15) is 0 Å². The summed E-state index contributed by atoms with van der Waals surface area (Å²) >= 11 is 0. The smallest absolute Gasteiger partial charge is 0.410 e. The Bertz CT molecular complexity index is 645. The minimum atomic E-state index is -0.738. The van der Waals surface area contributed by atoms with Crippen molar-refractivity contribution < 1.29 is 38.1 Å². The molecule has 0 bridgehead atoms. The molecular weight excluding hydrogens is 422 g/mol. The van der Waals surface area contributed by atoms with Crippen molar-refractivity contribution in [3.63, 3.8) is 0 Å². The van der Waals surface area contributed by atoms with Crippen LogP contribution in [0.25, 0.3) is 0 Å². The molecule has 2 N–H and O–H groups in total. The van der Waals surface area contributed by atoms with Crippen molar-refractivity contribution in [2.45, 2.75) is 79.1 Å². The van der Waals surface area contributed by atoms with Crippen LogP contribution < -0.4 is 10.6 Å². The first-order valence-electron chi connectivity index (χ1n) is 10.5. The van der Waals surface area contributed by atoms with E-state index in [0.29, 0.717) is 0 Å². The predicted molar refractivity (Wildman–Crippen MR) is 117 cm³/mol. The van der Waals surface area contributed by atoms with Crippen LogP contribution in [0.2, 0.25) is 0 Å². The molecule has 0 aliphatic carbocycles. The summed E-state index contributed by atoms with van der Waals surface area (Å²) in [4.78, 5) is 48.9. The number of hydrogen-bond acceptors (Lipinski definition) is 8. The Kier molecular flexibility index (Phi) is 11.3. The van der Waals surface area contributed by atoms with Crippen molar-refractivity contribution in [2.24, 2.45) is 0 Å². The Morgan fingerprint density at radius 3 is 1.62 bits per heavy atom. The van der Waals surface area contributed by atoms with E-state index < -0.39 is 41.1 Å². The molecule has 0 aromatic rings. The van der Waals surface area contributed by atoms with Crippen molar-refractivity contribution in [1.29, 1.82) is 0 Å². The van der Waals surface area contributed by atoms with Crippen molar-refractivity contribution in [3.05, 3.63) is 0 Å². The highest BCUT2D eigenvalue weighted by Crippen LogP contribution is 2.10. The van der Waals surface area contributed by atoms with E-state index >= 15 is 0 Å². The SMILES string of the molecule is CC(C)(C)OC(=O)NCCN(CCOC(=O)CNC(=O)OC(C)(C)C)C(=O)OC(C)(C)C. The Balaban J connectivity index is 4.61. The van der Waals surface area contributed by atoms with Crippen LogP contribution in [0.5, 0.6) is 0 Å². The van der Waals surface area contributed by atoms with Crippen molar-refractivity contribution in [2.75, 3.05) is 32.8 Å². The quantitative estimate of drug-likeness (QED) is 0.416. The lowest BCUT2D eigenvalue weighted by atomic mass is 10.2. The third kappa shape index (κ3) is 17.0. The maximum absolute atomic E-state index is 12.4. The molecule has 0 saturated carbocycles. The van der Waals surface area contributed by atoms with E-state index in [1.807, 2.05) is 0 Å². The molecule has 0 radical (unpaired) electrons. The highest BCUT2D eigenvalue weighted by molar-refractivity contribution is 5.78. The summed E-state index contributed by atoms with van der Waals surface area (Å²) < 4.78 is 20.6. The molecule has 0 fully saturated rings. The number of nitrogens with zero attached hydrogens (tertiary/aromatic N) is 1. The lowest BCUT2D eigenvalue weighted by Gasteiger charge is -2.27. The van der Waals surface area contributed by atoms with Crippen molar-refractivity contribution >= 4 is 24.2 Å². The van der Waals surface area contributed by atoms with Gasteiger partial charge >= 0.3 is 24.2 Å². The zero-order chi connectivity index (χ0) is 25.2. The molecule has 11 nitrogen and oxygen atoms in total. The first-order valence-corrected chi connectivity index (χ1v) is 10.5. The molecule has 0 aliphatic heterocycles. The first kappa shape index (κ1) is 29.3. The summed E-state index contributed by atoms with van der Waals surface area (Å²) in [6.07, 6.45) is -1.97. The molecular formula is C21H39N3O8. The second-order valence-corrected chi connectivity index (χ2v) is 9.97. The fourth-order valence-electron chi connectivity index (χ4n) is 2.01. The van der Waals surface area contributed by atoms with Crippen molar-refractivity contribution in [3.8, 4) is 0 Å². The fourth-order valence-corrected chi connectivity index (χ4v) is 2.01. The molecule has 0 unspecified atom stereocenters. The topological polar surface area (TPSA) is 132 Å². The Morgan fingerprint density at radius 2 is 1.16 bits per heavy atom. The fraction of sp³-hybridized carbons (Fsp3) is 0.810. The highest BCUT2D eigenvalue weighted by Gasteiger charge is 2.23. The van der Waals surface area contributed by atoms with Crippen LogP contribution in [0.1, 0.15) is 62.3 Å². The van der Waals surface area contributed by atoms with E-state index in [1.54, 1.807) is 62.3 Å². The molecule has 0 aromatic heterocycles. The average molecular weight is 462 g/mol. The summed E-state index contributed by atoms with van der Waals surface area (Å²) in [5.74, 6) is -0.688. The number of amides is 3. The first-order chi connectivity index (χ1) is 14.4. The van der Waals surface area contributed by atoms with Gasteiger partial charge in [-0.15, -0.1) is 0 Å². The monoisotopic (exact) mass is 461 g/mol. The van der Waals surface area contributed by atoms with Gasteiger partial charge in [-0.25, -0.2) is 14.4 Å². The van der Waals surface area contributed by atoms with Gasteiger partial charge in [0.05, 0.1) is 6.54 Å². The molecule has 0 aliphatic rings. The number of ether oxygens (including phenoxy) is 4. The van der Waals surface area contributed by atoms with Gasteiger partial charge in [0.1, 0.15) is 30.0 Å². The standard InChI is InChI=1S/C21H39N3O8/c1-19(2,3)30-16(26)22-10-11-24(18(28)32-21(7,8)9)12-13-29-15(25)14-23-17(27)31-20(4,5)6/h10-14H2,1-9H3,(H,22,26)(H,23,27). The number of hydrogen-bond donors (Lipinski definition) is 2. The number of alkyl carbamates (subject to hydrolysis) is 2. The van der Waals surface area contributed by atoms with Crippen LogP contribution >= 0.6 is 0 Å². The molecule has 0 aromatic carbocycles. The molecule has 0 heterocycles. The zero-order valence-corrected chi connectivity index (χ0v) is 20.7. The van der Waals surface area contributed by atoms with Gasteiger partial charge in [0.2, 0.25) is 0 Å².